The first-order valence-corrected chi connectivity index (χ1v) is 0.781. The fourth-order valence-corrected chi connectivity index (χ4v) is 0. The van der Waals surface area contributed by atoms with Gasteiger partial charge in [-0.05, 0) is 0 Å². The maximum atomic E-state index is 8.89. The average molecular weight is 269 g/mol. The number of hydrogen-bond acceptors (Lipinski definition) is 1. The summed E-state index contributed by atoms with van der Waals surface area (Å²) in [6.07, 6.45) is 0. The van der Waals surface area contributed by atoms with Crippen LogP contribution in [-0.2, 0) is 24.3 Å². The van der Waals surface area contributed by atoms with Gasteiger partial charge in [0.1, 0.15) is 0 Å². The summed E-state index contributed by atoms with van der Waals surface area (Å²) in [5, 5.41) is 7.31. The molecule has 2 nitrogen and oxygen atoms in total. The van der Waals surface area contributed by atoms with Gasteiger partial charge in [0.2, 0.25) is 0 Å². The summed E-state index contributed by atoms with van der Waals surface area (Å²) in [5.41, 5.74) is 0. The van der Waals surface area contributed by atoms with Gasteiger partial charge in [-0.2, -0.15) is 0 Å². The van der Waals surface area contributed by atoms with Crippen molar-refractivity contribution in [2.75, 3.05) is 0 Å². The van der Waals surface area contributed by atoms with E-state index in [1.807, 2.05) is 0 Å². The van der Waals surface area contributed by atoms with Crippen molar-refractivity contribution in [3.8, 4) is 0 Å². The molecule has 0 amide bonds. The van der Waals surface area contributed by atoms with Crippen LogP contribution in [0.5, 0.6) is 0 Å². The Morgan fingerprint density at radius 1 is 1.57 bits per heavy atom. The third-order valence-corrected chi connectivity index (χ3v) is 0. The average Bonchev–Trinajstić information content (AvgIpc) is 0.811. The van der Waals surface area contributed by atoms with Gasteiger partial charge in [0.05, 0.1) is 6.92 Å². The summed E-state index contributed by atoms with van der Waals surface area (Å²) in [5.74, 6) is -1.08. The molecule has 7 heavy (non-hydrogen) atoms. The third-order valence-electron chi connectivity index (χ3n) is 0. The molecule has 0 rings (SSSR count). The maximum Gasteiger partial charge on any atom is 0 e. The molecule has 0 fully saturated rings. The Labute approximate surface area is 94.4 Å². The van der Waals surface area contributed by atoms with Crippen LogP contribution >= 0.6 is 0 Å². The van der Waals surface area contributed by atoms with Crippen molar-refractivity contribution in [1.29, 1.82) is 0 Å². The Morgan fingerprint density at radius 3 is 1.57 bits per heavy atom. The summed E-state index contributed by atoms with van der Waals surface area (Å²) >= 11 is 0. The van der Waals surface area contributed by atoms with E-state index in [1.54, 1.807) is 0 Å². The standard InChI is InChI=1S/C2H3O2.Na.Sn.Zn.3H/c1-2(3)4;;;;;;/h1H2,(H,3,4);;;;;;. The molecule has 0 bridgehead atoms. The smallest absolute Gasteiger partial charge is 0 e. The van der Waals surface area contributed by atoms with Crippen molar-refractivity contribution >= 4 is 59.4 Å². The summed E-state index contributed by atoms with van der Waals surface area (Å²) in [7, 11) is 0. The zero-order valence-electron chi connectivity index (χ0n) is 3.48. The molecular weight excluding hydrogens is 263 g/mol. The Kier molecular flexibility index (Phi) is 51.8. The summed E-state index contributed by atoms with van der Waals surface area (Å²) in [6, 6.07) is 0. The molecule has 0 aromatic heterocycles. The van der Waals surface area contributed by atoms with E-state index in [1.165, 1.54) is 0 Å². The molecule has 0 aromatic carbocycles. The SMILES string of the molecule is [CH2]C(=O)O.[NaH].[SnH2].[Zn]. The number of carbonyl (C=O) groups is 1. The van der Waals surface area contributed by atoms with Crippen molar-refractivity contribution in [2.45, 2.75) is 0 Å². The van der Waals surface area contributed by atoms with Gasteiger partial charge < -0.3 is 5.11 Å². The van der Waals surface area contributed by atoms with Crippen LogP contribution in [0, 0.1) is 6.92 Å². The molecule has 0 heterocycles. The fraction of sp³-hybridized carbons (Fsp3) is 0. The maximum absolute atomic E-state index is 8.89. The fourth-order valence-electron chi connectivity index (χ4n) is 0. The van der Waals surface area contributed by atoms with Crippen LogP contribution in [0.2, 0.25) is 0 Å². The second-order valence-corrected chi connectivity index (χ2v) is 0.394. The molecule has 0 aliphatic rings. The Bertz CT molecular complexity index is 38.7. The topological polar surface area (TPSA) is 37.3 Å². The minimum Gasteiger partial charge on any atom is 0 e. The molecule has 0 saturated heterocycles. The first kappa shape index (κ1) is 23.1. The van der Waals surface area contributed by atoms with Crippen LogP contribution < -0.4 is 0 Å². The normalized spacial score (nSPS) is 3.57. The van der Waals surface area contributed by atoms with Gasteiger partial charge in [-0.3, -0.25) is 4.79 Å². The van der Waals surface area contributed by atoms with E-state index in [-0.39, 0.29) is 72.9 Å². The molecular formula is C2H6NaO2SnZn. The molecule has 0 atom stereocenters. The molecule has 0 aromatic rings. The van der Waals surface area contributed by atoms with E-state index < -0.39 is 5.97 Å². The van der Waals surface area contributed by atoms with E-state index in [2.05, 4.69) is 6.92 Å². The van der Waals surface area contributed by atoms with Crippen LogP contribution in [0.1, 0.15) is 0 Å². The van der Waals surface area contributed by atoms with Gasteiger partial charge >= 0.3 is 59.4 Å². The molecule has 0 aliphatic heterocycles. The van der Waals surface area contributed by atoms with E-state index >= 15 is 0 Å². The molecule has 5 heteroatoms. The van der Waals surface area contributed by atoms with E-state index in [9.17, 15) is 0 Å². The molecule has 0 spiro atoms. The third kappa shape index (κ3) is 76.5. The second-order valence-electron chi connectivity index (χ2n) is 0.394. The van der Waals surface area contributed by atoms with Gasteiger partial charge in [0, 0.05) is 19.5 Å². The predicted octanol–water partition coefficient (Wildman–Crippen LogP) is -1.66. The largest absolute Gasteiger partial charge is 0 e. The minimum absolute atomic E-state index is 0. The monoisotopic (exact) mass is 269 g/mol. The zero-order chi connectivity index (χ0) is 3.58. The molecule has 0 aliphatic carbocycles. The van der Waals surface area contributed by atoms with Gasteiger partial charge in [0.15, 0.2) is 0 Å². The number of aliphatic carboxylic acids is 1. The Morgan fingerprint density at radius 2 is 1.57 bits per heavy atom. The Hall–Kier alpha value is 1.89. The molecule has 1 N–H and O–H groups in total. The summed E-state index contributed by atoms with van der Waals surface area (Å²) in [6.45, 7) is 2.56. The van der Waals surface area contributed by atoms with Crippen molar-refractivity contribution in [3.05, 3.63) is 6.92 Å². The van der Waals surface area contributed by atoms with E-state index in [0.717, 1.165) is 0 Å². The van der Waals surface area contributed by atoms with Crippen molar-refractivity contribution in [1.82, 2.24) is 0 Å². The van der Waals surface area contributed by atoms with Crippen LogP contribution in [-0.4, -0.2) is 64.5 Å². The van der Waals surface area contributed by atoms with Crippen molar-refractivity contribution < 1.29 is 29.4 Å². The van der Waals surface area contributed by atoms with Crippen LogP contribution in [0.3, 0.4) is 0 Å². The predicted molar refractivity (Wildman–Crippen MR) is 28.7 cm³/mol. The molecule has 33 valence electrons. The second kappa shape index (κ2) is 15.7. The first-order chi connectivity index (χ1) is 1.73. The Balaban J connectivity index is -0.0000000150. The van der Waals surface area contributed by atoms with E-state index in [4.69, 9.17) is 9.90 Å². The summed E-state index contributed by atoms with van der Waals surface area (Å²) < 4.78 is 0. The van der Waals surface area contributed by atoms with Crippen molar-refractivity contribution in [3.63, 3.8) is 0 Å². The first-order valence-electron chi connectivity index (χ1n) is 0.781. The molecule has 0 unspecified atom stereocenters. The quantitative estimate of drug-likeness (QED) is 0.534. The van der Waals surface area contributed by atoms with Crippen LogP contribution in [0.25, 0.3) is 0 Å². The van der Waals surface area contributed by atoms with Gasteiger partial charge in [-0.1, -0.05) is 0 Å². The van der Waals surface area contributed by atoms with Gasteiger partial charge in [-0.15, -0.1) is 0 Å². The van der Waals surface area contributed by atoms with Crippen LogP contribution in [0.4, 0.5) is 0 Å². The minimum atomic E-state index is -1.08. The number of rotatable bonds is 0. The number of carboxylic acid groups (broad SMARTS) is 1. The van der Waals surface area contributed by atoms with Crippen molar-refractivity contribution in [2.24, 2.45) is 0 Å². The number of carboxylic acids is 1. The van der Waals surface area contributed by atoms with Gasteiger partial charge in [0.25, 0.3) is 0 Å². The summed E-state index contributed by atoms with van der Waals surface area (Å²) in [4.78, 5) is 8.89. The van der Waals surface area contributed by atoms with E-state index in [0.29, 0.717) is 0 Å². The molecule has 3 radical (unpaired) electrons. The van der Waals surface area contributed by atoms with Crippen LogP contribution in [0.15, 0.2) is 0 Å². The number of hydrogen-bond donors (Lipinski definition) is 1. The zero-order valence-corrected chi connectivity index (χ0v) is 10.5. The molecule has 0 saturated carbocycles. The van der Waals surface area contributed by atoms with Gasteiger partial charge in [-0.25, -0.2) is 0 Å².